The smallest absolute Gasteiger partial charge is 0.245 e. The molecule has 1 aromatic rings. The van der Waals surface area contributed by atoms with Crippen LogP contribution in [-0.4, -0.2) is 18.9 Å². The molecule has 1 aromatic carbocycles. The topological polar surface area (TPSA) is 62.7 Å². The van der Waals surface area contributed by atoms with E-state index in [1.165, 1.54) is 0 Å². The van der Waals surface area contributed by atoms with Gasteiger partial charge in [0.2, 0.25) is 5.91 Å². The quantitative estimate of drug-likeness (QED) is 0.748. The molecule has 1 aliphatic heterocycles. The van der Waals surface area contributed by atoms with E-state index in [2.05, 4.69) is 15.8 Å². The van der Waals surface area contributed by atoms with Crippen molar-refractivity contribution in [2.75, 3.05) is 7.11 Å². The second kappa shape index (κ2) is 4.00. The highest BCUT2D eigenvalue weighted by Gasteiger charge is 2.14. The highest BCUT2D eigenvalue weighted by Crippen LogP contribution is 2.19. The molecule has 5 heteroatoms. The van der Waals surface area contributed by atoms with Crippen LogP contribution in [0.3, 0.4) is 0 Å². The van der Waals surface area contributed by atoms with Gasteiger partial charge in [0.25, 0.3) is 0 Å². The number of carbonyl (C=O) groups excluding carboxylic acids is 1. The van der Waals surface area contributed by atoms with Crippen LogP contribution >= 0.6 is 0 Å². The van der Waals surface area contributed by atoms with E-state index in [1.807, 2.05) is 18.2 Å². The van der Waals surface area contributed by atoms with E-state index in [9.17, 15) is 4.79 Å². The van der Waals surface area contributed by atoms with E-state index in [-0.39, 0.29) is 12.3 Å². The van der Waals surface area contributed by atoms with Crippen LogP contribution in [0.2, 0.25) is 0 Å². The molecule has 0 aliphatic carbocycles. The highest BCUT2D eigenvalue weighted by atomic mass is 16.5. The summed E-state index contributed by atoms with van der Waals surface area (Å²) >= 11 is 0. The first-order valence-corrected chi connectivity index (χ1v) is 4.54. The number of hydrazine groups is 1. The number of ether oxygens (including phenoxy) is 1. The van der Waals surface area contributed by atoms with Gasteiger partial charge in [-0.25, -0.2) is 4.99 Å². The predicted octanol–water partition coefficient (Wildman–Crippen LogP) is 0.750. The first-order chi connectivity index (χ1) is 7.28. The summed E-state index contributed by atoms with van der Waals surface area (Å²) in [6.07, 6.45) is 0.289. The second-order valence-corrected chi connectivity index (χ2v) is 3.11. The fraction of sp³-hybridized carbons (Fsp3) is 0.200. The first kappa shape index (κ1) is 9.51. The molecule has 0 atom stereocenters. The van der Waals surface area contributed by atoms with Crippen LogP contribution in [0.5, 0.6) is 5.75 Å². The van der Waals surface area contributed by atoms with Gasteiger partial charge in [-0.15, -0.1) is 0 Å². The Kier molecular flexibility index (Phi) is 2.53. The Morgan fingerprint density at radius 2 is 2.27 bits per heavy atom. The predicted molar refractivity (Wildman–Crippen MR) is 56.0 cm³/mol. The minimum atomic E-state index is -0.0725. The van der Waals surface area contributed by atoms with Gasteiger partial charge in [-0.05, 0) is 12.1 Å². The lowest BCUT2D eigenvalue weighted by Crippen LogP contribution is -2.28. The van der Waals surface area contributed by atoms with Gasteiger partial charge in [0.05, 0.1) is 19.2 Å². The van der Waals surface area contributed by atoms with Gasteiger partial charge in [-0.2, -0.15) is 0 Å². The van der Waals surface area contributed by atoms with E-state index in [0.29, 0.717) is 5.84 Å². The molecule has 2 N–H and O–H groups in total. The van der Waals surface area contributed by atoms with Crippen molar-refractivity contribution in [1.29, 1.82) is 0 Å². The lowest BCUT2D eigenvalue weighted by atomic mass is 10.3. The SMILES string of the molecule is COc1cccc(N=C2CC(=O)NN2)c1. The Balaban J connectivity index is 2.19. The van der Waals surface area contributed by atoms with Crippen molar-refractivity contribution in [3.05, 3.63) is 24.3 Å². The summed E-state index contributed by atoms with van der Waals surface area (Å²) in [5, 5.41) is 0. The average Bonchev–Trinajstić information content (AvgIpc) is 2.64. The maximum absolute atomic E-state index is 10.9. The zero-order valence-corrected chi connectivity index (χ0v) is 8.28. The number of carbonyl (C=O) groups is 1. The van der Waals surface area contributed by atoms with Crippen molar-refractivity contribution in [3.8, 4) is 5.75 Å². The number of hydrogen-bond donors (Lipinski definition) is 2. The van der Waals surface area contributed by atoms with Crippen LogP contribution < -0.4 is 15.6 Å². The minimum Gasteiger partial charge on any atom is -0.497 e. The van der Waals surface area contributed by atoms with Crippen molar-refractivity contribution in [2.24, 2.45) is 4.99 Å². The third-order valence-electron chi connectivity index (χ3n) is 1.99. The van der Waals surface area contributed by atoms with Gasteiger partial charge in [0, 0.05) is 6.07 Å². The Bertz CT molecular complexity index is 415. The summed E-state index contributed by atoms with van der Waals surface area (Å²) in [6.45, 7) is 0. The van der Waals surface area contributed by atoms with Crippen molar-refractivity contribution in [2.45, 2.75) is 6.42 Å². The molecule has 0 saturated carbocycles. The van der Waals surface area contributed by atoms with Crippen LogP contribution in [0.4, 0.5) is 5.69 Å². The third kappa shape index (κ3) is 2.25. The summed E-state index contributed by atoms with van der Waals surface area (Å²) < 4.78 is 5.07. The molecule has 0 bridgehead atoms. The zero-order valence-electron chi connectivity index (χ0n) is 8.28. The molecule has 2 rings (SSSR count). The number of amidine groups is 1. The molecule has 1 heterocycles. The zero-order chi connectivity index (χ0) is 10.7. The maximum Gasteiger partial charge on any atom is 0.245 e. The average molecular weight is 205 g/mol. The fourth-order valence-corrected chi connectivity index (χ4v) is 1.29. The molecule has 1 fully saturated rings. The van der Waals surface area contributed by atoms with E-state index in [0.717, 1.165) is 11.4 Å². The molecule has 78 valence electrons. The molecule has 0 unspecified atom stereocenters. The molecule has 15 heavy (non-hydrogen) atoms. The van der Waals surface area contributed by atoms with Gasteiger partial charge in [0.15, 0.2) is 0 Å². The van der Waals surface area contributed by atoms with Gasteiger partial charge in [-0.1, -0.05) is 6.07 Å². The first-order valence-electron chi connectivity index (χ1n) is 4.54. The number of rotatable bonds is 2. The van der Waals surface area contributed by atoms with E-state index < -0.39 is 0 Å². The lowest BCUT2D eigenvalue weighted by Gasteiger charge is -2.01. The van der Waals surface area contributed by atoms with Crippen molar-refractivity contribution < 1.29 is 9.53 Å². The monoisotopic (exact) mass is 205 g/mol. The summed E-state index contributed by atoms with van der Waals surface area (Å²) in [5.74, 6) is 1.29. The number of nitrogens with zero attached hydrogens (tertiary/aromatic N) is 1. The highest BCUT2D eigenvalue weighted by molar-refractivity contribution is 6.05. The van der Waals surface area contributed by atoms with Gasteiger partial charge < -0.3 is 4.74 Å². The van der Waals surface area contributed by atoms with Gasteiger partial charge >= 0.3 is 0 Å². The molecule has 1 saturated heterocycles. The van der Waals surface area contributed by atoms with E-state index >= 15 is 0 Å². The Labute approximate surface area is 87.1 Å². The molecule has 1 amide bonds. The lowest BCUT2D eigenvalue weighted by molar-refractivity contribution is -0.119. The van der Waals surface area contributed by atoms with E-state index in [4.69, 9.17) is 4.74 Å². The summed E-state index contributed by atoms with van der Waals surface area (Å²) in [5.41, 5.74) is 5.93. The Morgan fingerprint density at radius 3 is 2.93 bits per heavy atom. The summed E-state index contributed by atoms with van der Waals surface area (Å²) in [6, 6.07) is 7.34. The molecule has 0 radical (unpaired) electrons. The van der Waals surface area contributed by atoms with Crippen LogP contribution in [0.1, 0.15) is 6.42 Å². The van der Waals surface area contributed by atoms with Gasteiger partial charge in [-0.3, -0.25) is 15.6 Å². The molecule has 1 aliphatic rings. The molecular weight excluding hydrogens is 194 g/mol. The Morgan fingerprint density at radius 1 is 1.40 bits per heavy atom. The van der Waals surface area contributed by atoms with Crippen LogP contribution in [0.15, 0.2) is 29.3 Å². The van der Waals surface area contributed by atoms with Crippen molar-refractivity contribution in [1.82, 2.24) is 10.9 Å². The number of benzene rings is 1. The van der Waals surface area contributed by atoms with E-state index in [1.54, 1.807) is 13.2 Å². The number of aliphatic imine (C=N–C) groups is 1. The second-order valence-electron chi connectivity index (χ2n) is 3.11. The normalized spacial score (nSPS) is 17.4. The largest absolute Gasteiger partial charge is 0.497 e. The van der Waals surface area contributed by atoms with Crippen molar-refractivity contribution in [3.63, 3.8) is 0 Å². The fourth-order valence-electron chi connectivity index (χ4n) is 1.29. The summed E-state index contributed by atoms with van der Waals surface area (Å²) in [4.78, 5) is 15.1. The number of nitrogens with one attached hydrogen (secondary N) is 2. The third-order valence-corrected chi connectivity index (χ3v) is 1.99. The number of amides is 1. The van der Waals surface area contributed by atoms with Crippen LogP contribution in [-0.2, 0) is 4.79 Å². The van der Waals surface area contributed by atoms with Gasteiger partial charge in [0.1, 0.15) is 11.6 Å². The minimum absolute atomic E-state index is 0.0725. The summed E-state index contributed by atoms with van der Waals surface area (Å²) in [7, 11) is 1.60. The molecular formula is C10H11N3O2. The number of hydrogen-bond acceptors (Lipinski definition) is 3. The molecule has 0 spiro atoms. The maximum atomic E-state index is 10.9. The van der Waals surface area contributed by atoms with Crippen LogP contribution in [0.25, 0.3) is 0 Å². The Hall–Kier alpha value is -2.04. The molecule has 5 nitrogen and oxygen atoms in total. The number of methoxy groups -OCH3 is 1. The standard InChI is InChI=1S/C10H11N3O2/c1-15-8-4-2-3-7(5-8)11-9-6-10(14)13-12-9/h2-5H,6H2,1H3,(H,11,12)(H,13,14). The molecule has 0 aromatic heterocycles. The van der Waals surface area contributed by atoms with Crippen molar-refractivity contribution >= 4 is 17.4 Å². The van der Waals surface area contributed by atoms with Crippen LogP contribution in [0, 0.1) is 0 Å².